The van der Waals surface area contributed by atoms with E-state index in [1.54, 1.807) is 7.11 Å². The van der Waals surface area contributed by atoms with Crippen LogP contribution < -0.4 is 5.73 Å². The zero-order chi connectivity index (χ0) is 14.4. The highest BCUT2D eigenvalue weighted by atomic mass is 19.1. The molecule has 2 N–H and O–H groups in total. The zero-order valence-electron chi connectivity index (χ0n) is 11.7. The van der Waals surface area contributed by atoms with Gasteiger partial charge in [-0.25, -0.2) is 8.78 Å². The van der Waals surface area contributed by atoms with E-state index in [2.05, 4.69) is 0 Å². The number of rotatable bonds is 7. The first kappa shape index (κ1) is 16.0. The van der Waals surface area contributed by atoms with Gasteiger partial charge in [-0.2, -0.15) is 0 Å². The van der Waals surface area contributed by atoms with E-state index in [9.17, 15) is 8.78 Å². The highest BCUT2D eigenvalue weighted by Gasteiger charge is 2.24. The molecule has 0 radical (unpaired) electrons. The molecule has 3 nitrogen and oxygen atoms in total. The molecule has 108 valence electrons. The van der Waals surface area contributed by atoms with Crippen LogP contribution in [0.25, 0.3) is 0 Å². The summed E-state index contributed by atoms with van der Waals surface area (Å²) >= 11 is 0. The van der Waals surface area contributed by atoms with Crippen molar-refractivity contribution in [2.45, 2.75) is 25.9 Å². The van der Waals surface area contributed by atoms with Gasteiger partial charge in [0.1, 0.15) is 11.6 Å². The van der Waals surface area contributed by atoms with Crippen LogP contribution in [0.5, 0.6) is 0 Å². The van der Waals surface area contributed by atoms with Crippen molar-refractivity contribution in [3.63, 3.8) is 0 Å². The number of methoxy groups -OCH3 is 1. The van der Waals surface area contributed by atoms with E-state index in [1.807, 2.05) is 18.7 Å². The molecule has 0 aliphatic rings. The Morgan fingerprint density at radius 2 is 2.00 bits per heavy atom. The van der Waals surface area contributed by atoms with Crippen LogP contribution in [-0.2, 0) is 4.74 Å². The van der Waals surface area contributed by atoms with Crippen LogP contribution in [0.2, 0.25) is 0 Å². The van der Waals surface area contributed by atoms with Crippen LogP contribution in [0.1, 0.15) is 25.5 Å². The van der Waals surface area contributed by atoms with Crippen molar-refractivity contribution in [3.05, 3.63) is 35.4 Å². The molecule has 1 aromatic carbocycles. The Morgan fingerprint density at radius 3 is 2.53 bits per heavy atom. The lowest BCUT2D eigenvalue weighted by molar-refractivity contribution is 0.0964. The first-order valence-corrected chi connectivity index (χ1v) is 6.41. The Morgan fingerprint density at radius 1 is 1.32 bits per heavy atom. The fourth-order valence-corrected chi connectivity index (χ4v) is 2.18. The van der Waals surface area contributed by atoms with Gasteiger partial charge in [0.15, 0.2) is 0 Å². The smallest absolute Gasteiger partial charge is 0.128 e. The summed E-state index contributed by atoms with van der Waals surface area (Å²) in [6, 6.07) is 3.27. The van der Waals surface area contributed by atoms with Crippen molar-refractivity contribution < 1.29 is 13.5 Å². The second-order valence-electron chi connectivity index (χ2n) is 4.74. The molecule has 0 spiro atoms. The average Bonchev–Trinajstić information content (AvgIpc) is 2.37. The van der Waals surface area contributed by atoms with Crippen molar-refractivity contribution in [2.24, 2.45) is 5.73 Å². The van der Waals surface area contributed by atoms with Gasteiger partial charge in [0.05, 0.1) is 12.6 Å². The molecule has 0 fully saturated rings. The molecular weight excluding hydrogens is 250 g/mol. The molecule has 0 amide bonds. The summed E-state index contributed by atoms with van der Waals surface area (Å²) in [6.07, 6.45) is 0. The summed E-state index contributed by atoms with van der Waals surface area (Å²) in [7, 11) is 1.61. The molecule has 1 atom stereocenters. The van der Waals surface area contributed by atoms with Gasteiger partial charge in [0.2, 0.25) is 0 Å². The van der Waals surface area contributed by atoms with Gasteiger partial charge in [-0.15, -0.1) is 0 Å². The molecular formula is C14H22F2N2O. The minimum atomic E-state index is -0.453. The molecule has 0 heterocycles. The normalized spacial score (nSPS) is 13.3. The Balaban J connectivity index is 3.04. The van der Waals surface area contributed by atoms with Gasteiger partial charge in [-0.05, 0) is 32.0 Å². The summed E-state index contributed by atoms with van der Waals surface area (Å²) < 4.78 is 32.2. The lowest BCUT2D eigenvalue weighted by Crippen LogP contribution is -2.41. The summed E-state index contributed by atoms with van der Waals surface area (Å²) in [5, 5.41) is 0. The molecule has 0 saturated carbocycles. The van der Waals surface area contributed by atoms with E-state index < -0.39 is 11.6 Å². The monoisotopic (exact) mass is 272 g/mol. The molecule has 19 heavy (non-hydrogen) atoms. The maximum absolute atomic E-state index is 13.9. The van der Waals surface area contributed by atoms with E-state index >= 15 is 0 Å². The van der Waals surface area contributed by atoms with Crippen molar-refractivity contribution in [1.82, 2.24) is 4.90 Å². The molecule has 0 aliphatic carbocycles. The van der Waals surface area contributed by atoms with Crippen LogP contribution in [0.15, 0.2) is 18.2 Å². The van der Waals surface area contributed by atoms with E-state index in [0.29, 0.717) is 18.7 Å². The number of hydrogen-bond acceptors (Lipinski definition) is 3. The lowest BCUT2D eigenvalue weighted by atomic mass is 10.0. The van der Waals surface area contributed by atoms with E-state index in [1.165, 1.54) is 6.07 Å². The molecule has 0 aliphatic heterocycles. The summed E-state index contributed by atoms with van der Waals surface area (Å²) in [4.78, 5) is 2.02. The van der Waals surface area contributed by atoms with Crippen molar-refractivity contribution in [3.8, 4) is 0 Å². The van der Waals surface area contributed by atoms with Crippen LogP contribution in [-0.4, -0.2) is 37.7 Å². The molecule has 5 heteroatoms. The van der Waals surface area contributed by atoms with Crippen molar-refractivity contribution >= 4 is 0 Å². The van der Waals surface area contributed by atoms with Crippen LogP contribution in [0.3, 0.4) is 0 Å². The van der Waals surface area contributed by atoms with E-state index in [0.717, 1.165) is 12.1 Å². The van der Waals surface area contributed by atoms with Crippen LogP contribution in [0, 0.1) is 11.6 Å². The topological polar surface area (TPSA) is 38.5 Å². The highest BCUT2D eigenvalue weighted by Crippen LogP contribution is 2.25. The third kappa shape index (κ3) is 4.23. The summed E-state index contributed by atoms with van der Waals surface area (Å²) in [5.41, 5.74) is 6.06. The number of benzene rings is 1. The van der Waals surface area contributed by atoms with Crippen LogP contribution >= 0.6 is 0 Å². The predicted molar refractivity (Wildman–Crippen MR) is 71.9 cm³/mol. The molecule has 1 rings (SSSR count). The fourth-order valence-electron chi connectivity index (χ4n) is 2.18. The van der Waals surface area contributed by atoms with Gasteiger partial charge in [0.25, 0.3) is 0 Å². The van der Waals surface area contributed by atoms with Gasteiger partial charge in [-0.3, -0.25) is 4.90 Å². The molecule has 1 aromatic rings. The second-order valence-corrected chi connectivity index (χ2v) is 4.74. The van der Waals surface area contributed by atoms with Crippen molar-refractivity contribution in [2.75, 3.05) is 26.8 Å². The highest BCUT2D eigenvalue weighted by molar-refractivity contribution is 5.23. The standard InChI is InChI=1S/C14H22F2N2O/c1-10(2)18(6-7-19-3)14(9-17)12-8-11(15)4-5-13(12)16/h4-5,8,10,14H,6-7,9,17H2,1-3H3. The first-order valence-electron chi connectivity index (χ1n) is 6.41. The minimum absolute atomic E-state index is 0.159. The quantitative estimate of drug-likeness (QED) is 0.828. The zero-order valence-corrected chi connectivity index (χ0v) is 11.7. The largest absolute Gasteiger partial charge is 0.383 e. The maximum atomic E-state index is 13.9. The summed E-state index contributed by atoms with van der Waals surface area (Å²) in [5.74, 6) is -0.884. The molecule has 0 saturated heterocycles. The predicted octanol–water partition coefficient (Wildman–Crippen LogP) is 2.32. The Hall–Kier alpha value is -1.04. The number of nitrogens with zero attached hydrogens (tertiary/aromatic N) is 1. The Bertz CT molecular complexity index is 399. The van der Waals surface area contributed by atoms with E-state index in [-0.39, 0.29) is 18.6 Å². The average molecular weight is 272 g/mol. The molecule has 0 bridgehead atoms. The van der Waals surface area contributed by atoms with Gasteiger partial charge in [0, 0.05) is 31.8 Å². The van der Waals surface area contributed by atoms with E-state index in [4.69, 9.17) is 10.5 Å². The molecule has 1 unspecified atom stereocenters. The first-order chi connectivity index (χ1) is 9.01. The third-order valence-corrected chi connectivity index (χ3v) is 3.16. The number of hydrogen-bond donors (Lipinski definition) is 1. The van der Waals surface area contributed by atoms with Gasteiger partial charge < -0.3 is 10.5 Å². The Labute approximate surface area is 113 Å². The number of ether oxygens (including phenoxy) is 1. The summed E-state index contributed by atoms with van der Waals surface area (Å²) in [6.45, 7) is 5.35. The maximum Gasteiger partial charge on any atom is 0.128 e. The second kappa shape index (κ2) is 7.53. The molecule has 0 aromatic heterocycles. The third-order valence-electron chi connectivity index (χ3n) is 3.16. The van der Waals surface area contributed by atoms with Crippen molar-refractivity contribution in [1.29, 1.82) is 0 Å². The van der Waals surface area contributed by atoms with Gasteiger partial charge >= 0.3 is 0 Å². The SMILES string of the molecule is COCCN(C(C)C)C(CN)c1cc(F)ccc1F. The lowest BCUT2D eigenvalue weighted by Gasteiger charge is -2.34. The van der Waals surface area contributed by atoms with Gasteiger partial charge in [-0.1, -0.05) is 0 Å². The number of nitrogens with two attached hydrogens (primary N) is 1. The van der Waals surface area contributed by atoms with Crippen LogP contribution in [0.4, 0.5) is 8.78 Å². The fraction of sp³-hybridized carbons (Fsp3) is 0.571. The Kier molecular flexibility index (Phi) is 6.34. The number of halogens is 2. The minimum Gasteiger partial charge on any atom is -0.383 e.